The minimum absolute atomic E-state index is 0.422. The van der Waals surface area contributed by atoms with Gasteiger partial charge in [-0.05, 0) is 229 Å². The van der Waals surface area contributed by atoms with Crippen LogP contribution in [0.4, 0.5) is 0 Å². The second kappa shape index (κ2) is 35.6. The molecule has 6 heteroatoms. The largest absolute Gasteiger partial charge is 0.456 e. The van der Waals surface area contributed by atoms with E-state index in [4.69, 9.17) is 4.42 Å². The molecule has 6 heterocycles. The van der Waals surface area contributed by atoms with Gasteiger partial charge in [0.2, 0.25) is 0 Å². The highest BCUT2D eigenvalue weighted by Gasteiger charge is 2.28. The van der Waals surface area contributed by atoms with Crippen molar-refractivity contribution < 1.29 is 4.42 Å². The number of benzene rings is 19. The fraction of sp³-hybridized carbons (Fsp3) is 0.136. The van der Waals surface area contributed by atoms with E-state index in [1.54, 1.807) is 0 Å². The third-order valence-corrected chi connectivity index (χ3v) is 30.0. The zero-order valence-electron chi connectivity index (χ0n) is 80.3. The zero-order valence-corrected chi connectivity index (χ0v) is 81.1. The molecule has 0 spiro atoms. The van der Waals surface area contributed by atoms with Crippen molar-refractivity contribution in [3.05, 3.63) is 446 Å². The van der Waals surface area contributed by atoms with E-state index in [9.17, 15) is 0 Å². The van der Waals surface area contributed by atoms with Gasteiger partial charge in [0.15, 0.2) is 0 Å². The molecule has 670 valence electrons. The summed E-state index contributed by atoms with van der Waals surface area (Å²) in [5, 5.41) is 15.8. The second-order valence-corrected chi connectivity index (χ2v) is 40.3. The van der Waals surface area contributed by atoms with Crippen LogP contribution in [0.15, 0.2) is 417 Å². The van der Waals surface area contributed by atoms with Gasteiger partial charge in [-0.1, -0.05) is 380 Å². The van der Waals surface area contributed by atoms with Crippen molar-refractivity contribution in [3.63, 3.8) is 0 Å². The fourth-order valence-electron chi connectivity index (χ4n) is 22.1. The predicted molar refractivity (Wildman–Crippen MR) is 594 cm³/mol. The number of fused-ring (bicyclic) bond motifs is 18. The van der Waals surface area contributed by atoms with Crippen LogP contribution in [0.1, 0.15) is 152 Å². The number of aromatic nitrogens is 4. The average Bonchev–Trinajstić information content (AvgIpc) is 1.66. The summed E-state index contributed by atoms with van der Waals surface area (Å²) < 4.78 is 18.8. The predicted octanol–water partition coefficient (Wildman–Crippen LogP) is 38.5. The molecule has 0 N–H and O–H groups in total. The van der Waals surface area contributed by atoms with Crippen molar-refractivity contribution in [2.45, 2.75) is 119 Å². The van der Waals surface area contributed by atoms with Gasteiger partial charge in [-0.15, -0.1) is 11.3 Å². The number of hydrogen-bond acceptors (Lipinski definition) is 2. The van der Waals surface area contributed by atoms with Crippen molar-refractivity contribution in [1.29, 1.82) is 0 Å². The zero-order chi connectivity index (χ0) is 93.8. The maximum Gasteiger partial charge on any atom is 0.136 e. The van der Waals surface area contributed by atoms with Crippen LogP contribution in [0.5, 0.6) is 0 Å². The quantitative estimate of drug-likeness (QED) is 0.0949. The molecular formula is C132H110N4OS. The Kier molecular flexibility index (Phi) is 22.3. The molecule has 0 atom stereocenters. The van der Waals surface area contributed by atoms with Crippen LogP contribution in [0.2, 0.25) is 0 Å². The van der Waals surface area contributed by atoms with E-state index in [0.29, 0.717) is 35.5 Å². The highest BCUT2D eigenvalue weighted by Crippen LogP contribution is 2.49. The Labute approximate surface area is 811 Å². The normalized spacial score (nSPS) is 12.0. The van der Waals surface area contributed by atoms with E-state index in [1.165, 1.54) is 225 Å². The maximum atomic E-state index is 6.18. The standard InChI is InChI=1S/C48H40N2.C42H35NO.C42H35NS/c1-31(2)36-19-13-25-44-46(36)47-37(32(3)4)20-14-26-45(47)50(44)42-23-10-8-17-38(42)33-27-29-34(30-28-33)39-21-12-22-41-40-18-9-11-24-43(40)49(48(39)41)35-15-6-5-7-16-35;1-26(2)31-13-9-16-37-41(31)42-32(27(3)4)14-10-17-38(42)43(37)36-15-7-5-11-33(36)29-21-19-28(20-22-29)30-23-24-35-34-12-6-8-18-39(34)44-40(35)25-30;1-26(2)30-20-22-38-36(24-30)42-32(27(3)4)12-9-14-39(42)43(38)37-13-7-5-10-33(37)29-18-16-28(17-19-29)31-21-23-41-35(25-31)34-11-6-8-15-40(34)44-41/h5-32H,1-4H3;2*5-27H,1-4H3. The Morgan fingerprint density at radius 2 is 0.543 bits per heavy atom. The molecule has 0 aliphatic rings. The Morgan fingerprint density at radius 3 is 1.04 bits per heavy atom. The number of rotatable bonds is 16. The van der Waals surface area contributed by atoms with Crippen LogP contribution in [0.3, 0.4) is 0 Å². The molecule has 138 heavy (non-hydrogen) atoms. The van der Waals surface area contributed by atoms with Crippen molar-refractivity contribution in [3.8, 4) is 89.5 Å². The summed E-state index contributed by atoms with van der Waals surface area (Å²) in [7, 11) is 0. The van der Waals surface area contributed by atoms with E-state index in [-0.39, 0.29) is 0 Å². The molecule has 0 unspecified atom stereocenters. The molecule has 6 aromatic heterocycles. The van der Waals surface area contributed by atoms with Crippen LogP contribution >= 0.6 is 11.3 Å². The third-order valence-electron chi connectivity index (χ3n) is 28.9. The summed E-state index contributed by atoms with van der Waals surface area (Å²) >= 11 is 1.87. The molecule has 19 aromatic carbocycles. The lowest BCUT2D eigenvalue weighted by Gasteiger charge is -2.15. The first-order valence-corrected chi connectivity index (χ1v) is 50.0. The molecule has 0 amide bonds. The van der Waals surface area contributed by atoms with Gasteiger partial charge in [-0.3, -0.25) is 0 Å². The number of nitrogens with zero attached hydrogens (tertiary/aromatic N) is 4. The van der Waals surface area contributed by atoms with Crippen LogP contribution in [0.25, 0.3) is 219 Å². The SMILES string of the molecule is CC(C)c1ccc2c(c1)c1c(C(C)C)cccc1n2-c1ccccc1-c1ccc(-c2ccc3sc4ccccc4c3c2)cc1.CC(C)c1cccc2c1c1c(C(C)C)cccc1n2-c1ccccc1-c1ccc(-c2ccc3c(c2)oc2ccccc23)cc1.CC(C)c1cccc2c1c1c(C(C)C)cccc1n2-c1ccccc1-c1ccc(-c2cccc3c4ccccc4n(-c4ccccc4)c23)cc1. The van der Waals surface area contributed by atoms with Gasteiger partial charge in [-0.25, -0.2) is 0 Å². The molecule has 0 saturated heterocycles. The number of hydrogen-bond donors (Lipinski definition) is 0. The second-order valence-electron chi connectivity index (χ2n) is 39.2. The minimum atomic E-state index is 0.422. The monoisotopic (exact) mass is 1800 g/mol. The van der Waals surface area contributed by atoms with E-state index in [2.05, 4.69) is 502 Å². The summed E-state index contributed by atoms with van der Waals surface area (Å²) in [6, 6.07) is 152. The number of thiophene rings is 1. The summed E-state index contributed by atoms with van der Waals surface area (Å²) in [4.78, 5) is 0. The topological polar surface area (TPSA) is 32.9 Å². The van der Waals surface area contributed by atoms with Gasteiger partial charge < -0.3 is 22.7 Å². The first-order chi connectivity index (χ1) is 67.5. The van der Waals surface area contributed by atoms with Crippen LogP contribution in [-0.2, 0) is 0 Å². The number of para-hydroxylation sites is 7. The Morgan fingerprint density at radius 1 is 0.196 bits per heavy atom. The first kappa shape index (κ1) is 86.5. The Hall–Kier alpha value is -15.6. The van der Waals surface area contributed by atoms with Crippen molar-refractivity contribution >= 4 is 141 Å². The molecule has 0 fully saturated rings. The highest BCUT2D eigenvalue weighted by molar-refractivity contribution is 7.25. The van der Waals surface area contributed by atoms with Gasteiger partial charge >= 0.3 is 0 Å². The molecule has 0 aliphatic heterocycles. The highest BCUT2D eigenvalue weighted by atomic mass is 32.1. The Balaban J connectivity index is 0.000000116. The number of furan rings is 1. The first-order valence-electron chi connectivity index (χ1n) is 49.2. The van der Waals surface area contributed by atoms with E-state index in [0.717, 1.165) is 27.5 Å². The summed E-state index contributed by atoms with van der Waals surface area (Å²) in [5.74, 6) is 2.62. The maximum absolute atomic E-state index is 6.18. The molecule has 5 nitrogen and oxygen atoms in total. The van der Waals surface area contributed by atoms with Gasteiger partial charge in [0.25, 0.3) is 0 Å². The lowest BCUT2D eigenvalue weighted by Crippen LogP contribution is -1.98. The van der Waals surface area contributed by atoms with Crippen molar-refractivity contribution in [1.82, 2.24) is 18.3 Å². The van der Waals surface area contributed by atoms with Crippen molar-refractivity contribution in [2.24, 2.45) is 0 Å². The van der Waals surface area contributed by atoms with Crippen LogP contribution in [0, 0.1) is 0 Å². The van der Waals surface area contributed by atoms with Crippen LogP contribution < -0.4 is 0 Å². The molecule has 0 aliphatic carbocycles. The molecule has 25 rings (SSSR count). The lowest BCUT2D eigenvalue weighted by atomic mass is 9.92. The Bertz CT molecular complexity index is 8870. The third kappa shape index (κ3) is 14.9. The van der Waals surface area contributed by atoms with Gasteiger partial charge in [0.05, 0.1) is 61.2 Å². The minimum Gasteiger partial charge on any atom is -0.456 e. The molecular weight excluding hydrogens is 1690 g/mol. The fourth-order valence-corrected chi connectivity index (χ4v) is 23.2. The van der Waals surface area contributed by atoms with E-state index < -0.39 is 0 Å². The molecule has 0 radical (unpaired) electrons. The van der Waals surface area contributed by atoms with Gasteiger partial charge in [-0.2, -0.15) is 0 Å². The summed E-state index contributed by atoms with van der Waals surface area (Å²) in [6.07, 6.45) is 0. The van der Waals surface area contributed by atoms with Gasteiger partial charge in [0, 0.05) is 102 Å². The molecule has 25 aromatic rings. The van der Waals surface area contributed by atoms with Crippen LogP contribution in [-0.4, -0.2) is 18.3 Å². The van der Waals surface area contributed by atoms with E-state index >= 15 is 0 Å². The van der Waals surface area contributed by atoms with Crippen molar-refractivity contribution in [2.75, 3.05) is 0 Å². The summed E-state index contributed by atoms with van der Waals surface area (Å²) in [6.45, 7) is 27.6. The lowest BCUT2D eigenvalue weighted by molar-refractivity contribution is 0.669. The van der Waals surface area contributed by atoms with E-state index in [1.807, 2.05) is 23.5 Å². The molecule has 0 saturated carbocycles. The smallest absolute Gasteiger partial charge is 0.136 e. The average molecular weight is 1800 g/mol. The molecule has 0 bridgehead atoms. The van der Waals surface area contributed by atoms with Gasteiger partial charge in [0.1, 0.15) is 11.2 Å². The summed E-state index contributed by atoms with van der Waals surface area (Å²) in [5.41, 5.74) is 39.7.